The Bertz CT molecular complexity index is 913. The van der Waals surface area contributed by atoms with Crippen molar-refractivity contribution in [2.75, 3.05) is 0 Å². The number of carbonyl (C=O) groups is 1. The maximum atomic E-state index is 12.1. The number of para-hydroxylation sites is 1. The summed E-state index contributed by atoms with van der Waals surface area (Å²) in [5.41, 5.74) is 4.01. The molecule has 0 aromatic heterocycles. The van der Waals surface area contributed by atoms with Crippen molar-refractivity contribution >= 4 is 17.5 Å². The summed E-state index contributed by atoms with van der Waals surface area (Å²) in [5.74, 6) is -0.236. The van der Waals surface area contributed by atoms with Gasteiger partial charge < -0.3 is 4.74 Å². The first-order valence-electron chi connectivity index (χ1n) is 8.16. The van der Waals surface area contributed by atoms with Crippen LogP contribution in [0.5, 0.6) is 0 Å². The first-order chi connectivity index (χ1) is 12.3. The molecule has 134 valence electrons. The van der Waals surface area contributed by atoms with E-state index < -0.39 is 11.2 Å². The van der Waals surface area contributed by atoms with Crippen LogP contribution in [-0.2, 0) is 9.53 Å². The third-order valence-corrected chi connectivity index (χ3v) is 4.28. The highest BCUT2D eigenvalue weighted by atomic mass is 16.6. The summed E-state index contributed by atoms with van der Waals surface area (Å²) in [5, 5.41) is 16.8. The fraction of sp³-hybridized carbons (Fsp3) is 0.263. The summed E-state index contributed by atoms with van der Waals surface area (Å²) < 4.78 is 5.95. The van der Waals surface area contributed by atoms with Crippen LogP contribution in [0.25, 0.3) is 0 Å². The van der Waals surface area contributed by atoms with Crippen molar-refractivity contribution in [3.63, 3.8) is 0 Å². The average molecular weight is 353 g/mol. The van der Waals surface area contributed by atoms with Crippen LogP contribution >= 0.6 is 0 Å². The van der Waals surface area contributed by atoms with Gasteiger partial charge in [0.05, 0.1) is 4.92 Å². The first-order valence-corrected chi connectivity index (χ1v) is 8.16. The molecule has 1 unspecified atom stereocenters. The fourth-order valence-electron chi connectivity index (χ4n) is 3.26. The summed E-state index contributed by atoms with van der Waals surface area (Å²) >= 11 is 0. The fourth-order valence-corrected chi connectivity index (χ4v) is 3.26. The third kappa shape index (κ3) is 3.03. The second-order valence-corrected chi connectivity index (χ2v) is 6.33. The molecule has 0 spiro atoms. The molecule has 1 aliphatic rings. The quantitative estimate of drug-likeness (QED) is 0.621. The van der Waals surface area contributed by atoms with Gasteiger partial charge in [0.15, 0.2) is 0 Å². The number of carbonyl (C=O) groups excluding carboxylic acids is 1. The first kappa shape index (κ1) is 17.6. The van der Waals surface area contributed by atoms with E-state index >= 15 is 0 Å². The number of hydrogen-bond acceptors (Lipinski definition) is 5. The van der Waals surface area contributed by atoms with Gasteiger partial charge in [-0.2, -0.15) is 5.01 Å². The van der Waals surface area contributed by atoms with Crippen LogP contribution in [-0.4, -0.2) is 21.7 Å². The molecule has 1 aliphatic heterocycles. The van der Waals surface area contributed by atoms with Crippen LogP contribution in [0, 0.1) is 30.9 Å². The van der Waals surface area contributed by atoms with Gasteiger partial charge in [-0.15, -0.1) is 5.10 Å². The Labute approximate surface area is 151 Å². The number of hydrogen-bond donors (Lipinski definition) is 0. The number of hydrazone groups is 1. The topological polar surface area (TPSA) is 85.0 Å². The minimum Gasteiger partial charge on any atom is -0.445 e. The van der Waals surface area contributed by atoms with Crippen LogP contribution in [0.1, 0.15) is 41.0 Å². The Morgan fingerprint density at radius 1 is 1.19 bits per heavy atom. The molecule has 1 atom stereocenters. The van der Waals surface area contributed by atoms with Gasteiger partial charge in [-0.1, -0.05) is 29.8 Å². The van der Waals surface area contributed by atoms with Gasteiger partial charge in [0.25, 0.3) is 5.69 Å². The summed E-state index contributed by atoms with van der Waals surface area (Å²) in [6.07, 6.45) is -0.747. The lowest BCUT2D eigenvalue weighted by Gasteiger charge is -2.23. The number of rotatable bonds is 3. The number of ether oxygens (including phenoxy) is 1. The van der Waals surface area contributed by atoms with Crippen LogP contribution < -0.4 is 0 Å². The van der Waals surface area contributed by atoms with E-state index in [0.29, 0.717) is 0 Å². The van der Waals surface area contributed by atoms with E-state index in [-0.39, 0.29) is 23.1 Å². The monoisotopic (exact) mass is 353 g/mol. The van der Waals surface area contributed by atoms with Gasteiger partial charge in [-0.05, 0) is 38.0 Å². The average Bonchev–Trinajstić information content (AvgIpc) is 2.99. The van der Waals surface area contributed by atoms with Crippen LogP contribution in [0.2, 0.25) is 0 Å². The lowest BCUT2D eigenvalue weighted by Crippen LogP contribution is -2.26. The molecule has 0 aliphatic carbocycles. The SMILES string of the molecule is CC(=O)N1N=C(c2ccccc2[N+](=O)[O-])OC1c1c(C)cc(C)cc1C. The highest BCUT2D eigenvalue weighted by molar-refractivity contribution is 5.99. The number of nitro groups is 1. The highest BCUT2D eigenvalue weighted by Crippen LogP contribution is 2.36. The zero-order chi connectivity index (χ0) is 19.0. The van der Waals surface area contributed by atoms with Gasteiger partial charge in [0.1, 0.15) is 5.56 Å². The Morgan fingerprint density at radius 2 is 1.81 bits per heavy atom. The molecule has 7 nitrogen and oxygen atoms in total. The van der Waals surface area contributed by atoms with Gasteiger partial charge in [-0.25, -0.2) is 0 Å². The van der Waals surface area contributed by atoms with Gasteiger partial charge in [0, 0.05) is 18.6 Å². The Morgan fingerprint density at radius 3 is 2.38 bits per heavy atom. The van der Waals surface area contributed by atoms with Crippen molar-refractivity contribution in [3.05, 3.63) is 74.3 Å². The van der Waals surface area contributed by atoms with E-state index in [1.54, 1.807) is 18.2 Å². The molecule has 0 bridgehead atoms. The lowest BCUT2D eigenvalue weighted by molar-refractivity contribution is -0.385. The molecule has 1 heterocycles. The molecule has 0 fully saturated rings. The second kappa shape index (κ2) is 6.59. The van der Waals surface area contributed by atoms with E-state index in [0.717, 1.165) is 22.3 Å². The number of amides is 1. The molecular formula is C19H19N3O4. The van der Waals surface area contributed by atoms with E-state index in [1.807, 2.05) is 32.9 Å². The van der Waals surface area contributed by atoms with Crippen molar-refractivity contribution < 1.29 is 14.5 Å². The van der Waals surface area contributed by atoms with E-state index in [2.05, 4.69) is 5.10 Å². The van der Waals surface area contributed by atoms with Crippen molar-refractivity contribution in [2.45, 2.75) is 33.9 Å². The van der Waals surface area contributed by atoms with Crippen LogP contribution in [0.4, 0.5) is 5.69 Å². The van der Waals surface area contributed by atoms with Crippen LogP contribution in [0.3, 0.4) is 0 Å². The lowest BCUT2D eigenvalue weighted by atomic mass is 9.98. The largest absolute Gasteiger partial charge is 0.445 e. The third-order valence-electron chi connectivity index (χ3n) is 4.28. The van der Waals surface area contributed by atoms with Crippen molar-refractivity contribution in [3.8, 4) is 0 Å². The zero-order valence-corrected chi connectivity index (χ0v) is 15.0. The maximum absolute atomic E-state index is 12.1. The number of aryl methyl sites for hydroxylation is 3. The summed E-state index contributed by atoms with van der Waals surface area (Å²) in [7, 11) is 0. The number of nitro benzene ring substituents is 1. The van der Waals surface area contributed by atoms with Crippen LogP contribution in [0.15, 0.2) is 41.5 Å². The Hall–Kier alpha value is -3.22. The standard InChI is InChI=1S/C19H19N3O4/c1-11-9-12(2)17(13(3)10-11)19-21(14(4)23)20-18(26-19)15-7-5-6-8-16(15)22(24)25/h5-10,19H,1-4H3. The van der Waals surface area contributed by atoms with Gasteiger partial charge >= 0.3 is 0 Å². The van der Waals surface area contributed by atoms with Crippen molar-refractivity contribution in [1.29, 1.82) is 0 Å². The summed E-state index contributed by atoms with van der Waals surface area (Å²) in [6.45, 7) is 7.28. The second-order valence-electron chi connectivity index (χ2n) is 6.33. The molecule has 1 amide bonds. The Kier molecular flexibility index (Phi) is 4.46. The highest BCUT2D eigenvalue weighted by Gasteiger charge is 2.37. The van der Waals surface area contributed by atoms with Crippen molar-refractivity contribution in [2.24, 2.45) is 5.10 Å². The van der Waals surface area contributed by atoms with Crippen molar-refractivity contribution in [1.82, 2.24) is 5.01 Å². The minimum atomic E-state index is -0.747. The van der Waals surface area contributed by atoms with E-state index in [4.69, 9.17) is 4.74 Å². The summed E-state index contributed by atoms with van der Waals surface area (Å²) in [6, 6.07) is 10.2. The smallest absolute Gasteiger partial charge is 0.282 e. The molecule has 2 aromatic carbocycles. The number of nitrogens with zero attached hydrogens (tertiary/aromatic N) is 3. The molecule has 0 radical (unpaired) electrons. The van der Waals surface area contributed by atoms with E-state index in [1.165, 1.54) is 18.0 Å². The van der Waals surface area contributed by atoms with Gasteiger partial charge in [-0.3, -0.25) is 14.9 Å². The zero-order valence-electron chi connectivity index (χ0n) is 15.0. The number of benzene rings is 2. The molecular weight excluding hydrogens is 334 g/mol. The molecule has 0 N–H and O–H groups in total. The molecule has 26 heavy (non-hydrogen) atoms. The van der Waals surface area contributed by atoms with Gasteiger partial charge in [0.2, 0.25) is 18.0 Å². The molecule has 7 heteroatoms. The minimum absolute atomic E-state index is 0.0666. The normalized spacial score (nSPS) is 16.2. The summed E-state index contributed by atoms with van der Waals surface area (Å²) in [4.78, 5) is 22.9. The molecule has 0 saturated carbocycles. The predicted molar refractivity (Wildman–Crippen MR) is 96.6 cm³/mol. The maximum Gasteiger partial charge on any atom is 0.282 e. The molecule has 2 aromatic rings. The molecule has 0 saturated heterocycles. The predicted octanol–water partition coefficient (Wildman–Crippen LogP) is 3.76. The van der Waals surface area contributed by atoms with E-state index in [9.17, 15) is 14.9 Å². The molecule has 3 rings (SSSR count). The Balaban J connectivity index is 2.08.